The number of carbonyl (C=O) groups is 1. The van der Waals surface area contributed by atoms with E-state index < -0.39 is 16.6 Å². The number of hydrogen-bond donors (Lipinski definition) is 1. The number of aryl methyl sites for hydroxylation is 1. The zero-order chi connectivity index (χ0) is 19.3. The molecule has 0 unspecified atom stereocenters. The summed E-state index contributed by atoms with van der Waals surface area (Å²) in [6.07, 6.45) is 0.741. The van der Waals surface area contributed by atoms with Gasteiger partial charge in [0, 0.05) is 5.56 Å². The number of carbonyl (C=O) groups excluding carboxylic acids is 1. The maximum Gasteiger partial charge on any atom is 0.412 e. The Labute approximate surface area is 151 Å². The van der Waals surface area contributed by atoms with Gasteiger partial charge in [-0.1, -0.05) is 12.1 Å². The van der Waals surface area contributed by atoms with Gasteiger partial charge in [0.25, 0.3) is 0 Å². The van der Waals surface area contributed by atoms with Crippen LogP contribution >= 0.6 is 0 Å². The summed E-state index contributed by atoms with van der Waals surface area (Å²) in [5, 5.41) is 13.7. The van der Waals surface area contributed by atoms with Gasteiger partial charge in [0.15, 0.2) is 0 Å². The monoisotopic (exact) mass is 359 g/mol. The van der Waals surface area contributed by atoms with Crippen LogP contribution in [0.5, 0.6) is 5.75 Å². The minimum Gasteiger partial charge on any atom is -0.481 e. The van der Waals surface area contributed by atoms with Crippen molar-refractivity contribution >= 4 is 17.6 Å². The molecule has 1 N–H and O–H groups in total. The summed E-state index contributed by atoms with van der Waals surface area (Å²) < 4.78 is 10.9. The van der Waals surface area contributed by atoms with Crippen molar-refractivity contribution in [3.8, 4) is 5.75 Å². The number of nitro groups is 1. The Hall–Kier alpha value is -3.16. The van der Waals surface area contributed by atoms with E-state index in [2.05, 4.69) is 10.3 Å². The Bertz CT molecular complexity index is 815. The minimum atomic E-state index is -0.624. The van der Waals surface area contributed by atoms with Crippen LogP contribution < -0.4 is 10.1 Å². The molecule has 0 aliphatic rings. The average molecular weight is 359 g/mol. The molecule has 1 amide bonds. The van der Waals surface area contributed by atoms with Crippen molar-refractivity contribution in [2.75, 3.05) is 5.32 Å². The standard InChI is InChI=1S/C18H21N3O5/c1-12-7-5-8-14(20-17(22)26-18(2,3)4)13(12)11-25-15-9-6-10-19-16(15)21(23)24/h5-10H,11H2,1-4H3,(H,20,22). The van der Waals surface area contributed by atoms with Gasteiger partial charge in [-0.2, -0.15) is 0 Å². The van der Waals surface area contributed by atoms with Crippen LogP contribution in [-0.2, 0) is 11.3 Å². The van der Waals surface area contributed by atoms with Gasteiger partial charge >= 0.3 is 11.9 Å². The molecule has 0 bridgehead atoms. The van der Waals surface area contributed by atoms with Crippen molar-refractivity contribution in [1.29, 1.82) is 0 Å². The molecule has 8 nitrogen and oxygen atoms in total. The average Bonchev–Trinajstić information content (AvgIpc) is 2.52. The van der Waals surface area contributed by atoms with Gasteiger partial charge in [-0.05, 0) is 61.4 Å². The molecule has 0 aliphatic heterocycles. The number of amides is 1. The fourth-order valence-electron chi connectivity index (χ4n) is 2.21. The Morgan fingerprint density at radius 3 is 2.65 bits per heavy atom. The molecular weight excluding hydrogens is 338 g/mol. The molecule has 0 radical (unpaired) electrons. The number of aromatic nitrogens is 1. The summed E-state index contributed by atoms with van der Waals surface area (Å²) in [6.45, 7) is 7.21. The van der Waals surface area contributed by atoms with E-state index in [9.17, 15) is 14.9 Å². The first kappa shape index (κ1) is 19.2. The van der Waals surface area contributed by atoms with Gasteiger partial charge in [0.1, 0.15) is 18.4 Å². The van der Waals surface area contributed by atoms with E-state index >= 15 is 0 Å². The third-order valence-electron chi connectivity index (χ3n) is 3.34. The molecule has 2 aromatic rings. The predicted molar refractivity (Wildman–Crippen MR) is 96.3 cm³/mol. The molecule has 2 rings (SSSR count). The number of anilines is 1. The van der Waals surface area contributed by atoms with Gasteiger partial charge in [0.05, 0.1) is 5.69 Å². The Balaban J connectivity index is 2.20. The van der Waals surface area contributed by atoms with Crippen molar-refractivity contribution in [3.63, 3.8) is 0 Å². The van der Waals surface area contributed by atoms with E-state index in [0.29, 0.717) is 11.3 Å². The van der Waals surface area contributed by atoms with Crippen LogP contribution in [0, 0.1) is 17.0 Å². The highest BCUT2D eigenvalue weighted by Gasteiger charge is 2.19. The van der Waals surface area contributed by atoms with Gasteiger partial charge in [-0.3, -0.25) is 5.32 Å². The topological polar surface area (TPSA) is 104 Å². The first-order valence-electron chi connectivity index (χ1n) is 7.98. The molecule has 26 heavy (non-hydrogen) atoms. The summed E-state index contributed by atoms with van der Waals surface area (Å²) in [5.74, 6) is -0.299. The predicted octanol–water partition coefficient (Wildman–Crippen LogP) is 4.22. The normalized spacial score (nSPS) is 10.9. The quantitative estimate of drug-likeness (QED) is 0.633. The lowest BCUT2D eigenvalue weighted by molar-refractivity contribution is -0.390. The van der Waals surface area contributed by atoms with Crippen LogP contribution in [-0.4, -0.2) is 21.6 Å². The highest BCUT2D eigenvalue weighted by Crippen LogP contribution is 2.27. The van der Waals surface area contributed by atoms with Crippen LogP contribution in [0.1, 0.15) is 31.9 Å². The number of pyridine rings is 1. The Morgan fingerprint density at radius 1 is 1.27 bits per heavy atom. The lowest BCUT2D eigenvalue weighted by atomic mass is 10.1. The summed E-state index contributed by atoms with van der Waals surface area (Å²) in [7, 11) is 0. The lowest BCUT2D eigenvalue weighted by Gasteiger charge is -2.21. The molecule has 0 saturated heterocycles. The van der Waals surface area contributed by atoms with E-state index in [0.717, 1.165) is 5.56 Å². The third kappa shape index (κ3) is 5.17. The number of ether oxygens (including phenoxy) is 2. The van der Waals surface area contributed by atoms with Crippen molar-refractivity contribution in [3.05, 3.63) is 57.8 Å². The fourth-order valence-corrected chi connectivity index (χ4v) is 2.21. The van der Waals surface area contributed by atoms with Crippen molar-refractivity contribution < 1.29 is 19.2 Å². The zero-order valence-corrected chi connectivity index (χ0v) is 15.1. The highest BCUT2D eigenvalue weighted by atomic mass is 16.6. The molecule has 1 heterocycles. The summed E-state index contributed by atoms with van der Waals surface area (Å²) in [5.41, 5.74) is 1.45. The van der Waals surface area contributed by atoms with E-state index in [1.165, 1.54) is 12.3 Å². The second kappa shape index (κ2) is 7.81. The second-order valence-electron chi connectivity index (χ2n) is 6.60. The molecule has 0 spiro atoms. The number of hydrogen-bond acceptors (Lipinski definition) is 6. The Kier molecular flexibility index (Phi) is 5.76. The second-order valence-corrected chi connectivity index (χ2v) is 6.60. The van der Waals surface area contributed by atoms with Crippen LogP contribution in [0.3, 0.4) is 0 Å². The van der Waals surface area contributed by atoms with Crippen LogP contribution in [0.25, 0.3) is 0 Å². The molecule has 1 aromatic carbocycles. The van der Waals surface area contributed by atoms with Gasteiger partial charge < -0.3 is 19.6 Å². The zero-order valence-electron chi connectivity index (χ0n) is 15.1. The molecule has 0 atom stereocenters. The van der Waals surface area contributed by atoms with Crippen molar-refractivity contribution in [2.24, 2.45) is 0 Å². The van der Waals surface area contributed by atoms with E-state index in [1.54, 1.807) is 39.0 Å². The summed E-state index contributed by atoms with van der Waals surface area (Å²) in [6, 6.07) is 8.40. The molecule has 0 saturated carbocycles. The molecular formula is C18H21N3O5. The van der Waals surface area contributed by atoms with E-state index in [-0.39, 0.29) is 18.2 Å². The number of rotatable bonds is 5. The van der Waals surface area contributed by atoms with Crippen molar-refractivity contribution in [1.82, 2.24) is 4.98 Å². The van der Waals surface area contributed by atoms with Gasteiger partial charge in [0.2, 0.25) is 5.75 Å². The van der Waals surface area contributed by atoms with Crippen LogP contribution in [0.15, 0.2) is 36.5 Å². The largest absolute Gasteiger partial charge is 0.481 e. The molecule has 138 valence electrons. The first-order chi connectivity index (χ1) is 12.2. The molecule has 0 aliphatic carbocycles. The maximum atomic E-state index is 12.0. The lowest BCUT2D eigenvalue weighted by Crippen LogP contribution is -2.27. The molecule has 8 heteroatoms. The van der Waals surface area contributed by atoms with Crippen LogP contribution in [0.4, 0.5) is 16.3 Å². The van der Waals surface area contributed by atoms with Crippen LogP contribution in [0.2, 0.25) is 0 Å². The number of nitrogens with zero attached hydrogens (tertiary/aromatic N) is 2. The molecule has 0 fully saturated rings. The highest BCUT2D eigenvalue weighted by molar-refractivity contribution is 5.86. The van der Waals surface area contributed by atoms with E-state index in [4.69, 9.17) is 9.47 Å². The third-order valence-corrected chi connectivity index (χ3v) is 3.34. The van der Waals surface area contributed by atoms with E-state index in [1.807, 2.05) is 13.0 Å². The Morgan fingerprint density at radius 2 is 2.00 bits per heavy atom. The van der Waals surface area contributed by atoms with Crippen molar-refractivity contribution in [2.45, 2.75) is 39.9 Å². The number of benzene rings is 1. The van der Waals surface area contributed by atoms with Gasteiger partial charge in [-0.15, -0.1) is 0 Å². The SMILES string of the molecule is Cc1cccc(NC(=O)OC(C)(C)C)c1COc1cccnc1[N+](=O)[O-]. The fraction of sp³-hybridized carbons (Fsp3) is 0.333. The minimum absolute atomic E-state index is 0.0321. The summed E-state index contributed by atoms with van der Waals surface area (Å²) >= 11 is 0. The van der Waals surface area contributed by atoms with Gasteiger partial charge in [-0.25, -0.2) is 4.79 Å². The number of nitrogens with one attached hydrogen (secondary N) is 1. The first-order valence-corrected chi connectivity index (χ1v) is 7.98. The molecule has 1 aromatic heterocycles. The smallest absolute Gasteiger partial charge is 0.412 e. The maximum absolute atomic E-state index is 12.0. The summed E-state index contributed by atoms with van der Waals surface area (Å²) in [4.78, 5) is 26.2.